The van der Waals surface area contributed by atoms with Crippen molar-refractivity contribution in [3.8, 4) is 0 Å². The molecule has 0 bridgehead atoms. The van der Waals surface area contributed by atoms with Crippen molar-refractivity contribution in [2.24, 2.45) is 0 Å². The van der Waals surface area contributed by atoms with Crippen LogP contribution in [0.2, 0.25) is 5.02 Å². The Morgan fingerprint density at radius 3 is 2.17 bits per heavy atom. The molecule has 182 valence electrons. The third kappa shape index (κ3) is 7.15. The molecular weight excluding hydrogens is 463 g/mol. The lowest BCUT2D eigenvalue weighted by atomic mass is 10.0. The van der Waals surface area contributed by atoms with Gasteiger partial charge in [-0.2, -0.15) is 0 Å². The largest absolute Gasteiger partial charge is 0.352 e. The van der Waals surface area contributed by atoms with Gasteiger partial charge in [0.25, 0.3) is 0 Å². The van der Waals surface area contributed by atoms with E-state index < -0.39 is 6.04 Å². The second-order valence-electron chi connectivity index (χ2n) is 9.15. The number of amides is 2. The third-order valence-electron chi connectivity index (χ3n) is 6.51. The topological polar surface area (TPSA) is 49.4 Å². The maximum atomic E-state index is 13.7. The monoisotopic (exact) mass is 492 g/mol. The fourth-order valence-corrected chi connectivity index (χ4v) is 4.71. The molecule has 0 saturated heterocycles. The van der Waals surface area contributed by atoms with Crippen molar-refractivity contribution in [1.82, 2.24) is 10.2 Å². The lowest BCUT2D eigenvalue weighted by molar-refractivity contribution is -0.141. The Bertz CT molecular complexity index is 1110. The highest BCUT2D eigenvalue weighted by Crippen LogP contribution is 2.21. The van der Waals surface area contributed by atoms with Crippen molar-refractivity contribution >= 4 is 23.4 Å². The van der Waals surface area contributed by atoms with Gasteiger partial charge in [-0.15, -0.1) is 0 Å². The molecule has 3 aromatic carbocycles. The van der Waals surface area contributed by atoms with E-state index in [1.807, 2.05) is 42.5 Å². The SMILES string of the molecule is O=C(NC1CCCC1)[C@@H](Cc1ccccc1)N(Cc1ccc(Cl)cc1)C(=O)Cc1ccc(F)cc1. The van der Waals surface area contributed by atoms with Gasteiger partial charge in [0.15, 0.2) is 0 Å². The van der Waals surface area contributed by atoms with Crippen LogP contribution in [0.5, 0.6) is 0 Å². The van der Waals surface area contributed by atoms with E-state index in [2.05, 4.69) is 5.32 Å². The van der Waals surface area contributed by atoms with Crippen LogP contribution < -0.4 is 5.32 Å². The van der Waals surface area contributed by atoms with Gasteiger partial charge >= 0.3 is 0 Å². The minimum absolute atomic E-state index is 0.0792. The van der Waals surface area contributed by atoms with Gasteiger partial charge in [-0.25, -0.2) is 4.39 Å². The smallest absolute Gasteiger partial charge is 0.243 e. The molecule has 0 aliphatic heterocycles. The summed E-state index contributed by atoms with van der Waals surface area (Å²) in [5.41, 5.74) is 2.57. The molecule has 0 radical (unpaired) electrons. The van der Waals surface area contributed by atoms with Gasteiger partial charge in [-0.1, -0.05) is 79.0 Å². The third-order valence-corrected chi connectivity index (χ3v) is 6.76. The number of hydrogen-bond acceptors (Lipinski definition) is 2. The number of carbonyl (C=O) groups excluding carboxylic acids is 2. The molecule has 0 heterocycles. The number of nitrogens with one attached hydrogen (secondary N) is 1. The van der Waals surface area contributed by atoms with Crippen molar-refractivity contribution in [2.45, 2.75) is 57.2 Å². The lowest BCUT2D eigenvalue weighted by Crippen LogP contribution is -2.52. The molecular formula is C29H30ClFN2O2. The number of hydrogen-bond donors (Lipinski definition) is 1. The summed E-state index contributed by atoms with van der Waals surface area (Å²) >= 11 is 6.07. The Balaban J connectivity index is 1.64. The van der Waals surface area contributed by atoms with E-state index in [1.54, 1.807) is 29.2 Å². The molecule has 0 unspecified atom stereocenters. The standard InChI is InChI=1S/C29H30ClFN2O2/c30-24-14-10-23(11-15-24)20-33(28(34)19-22-12-16-25(31)17-13-22)27(18-21-6-2-1-3-7-21)29(35)32-26-8-4-5-9-26/h1-3,6-7,10-17,26-27H,4-5,8-9,18-20H2,(H,32,35)/t27-/m1/s1. The zero-order valence-corrected chi connectivity index (χ0v) is 20.4. The van der Waals surface area contributed by atoms with Crippen LogP contribution in [-0.4, -0.2) is 28.8 Å². The van der Waals surface area contributed by atoms with Gasteiger partial charge in [0.2, 0.25) is 11.8 Å². The van der Waals surface area contributed by atoms with E-state index in [0.29, 0.717) is 17.0 Å². The highest BCUT2D eigenvalue weighted by Gasteiger charge is 2.32. The van der Waals surface area contributed by atoms with E-state index in [0.717, 1.165) is 36.8 Å². The van der Waals surface area contributed by atoms with E-state index in [1.165, 1.54) is 12.1 Å². The average Bonchev–Trinajstić information content (AvgIpc) is 3.37. The summed E-state index contributed by atoms with van der Waals surface area (Å²) in [6.07, 6.45) is 4.62. The number of halogens is 2. The van der Waals surface area contributed by atoms with Gasteiger partial charge in [0, 0.05) is 24.0 Å². The summed E-state index contributed by atoms with van der Waals surface area (Å²) in [7, 11) is 0. The molecule has 2 amide bonds. The Hall–Kier alpha value is -3.18. The highest BCUT2D eigenvalue weighted by molar-refractivity contribution is 6.30. The van der Waals surface area contributed by atoms with Crippen molar-refractivity contribution in [3.63, 3.8) is 0 Å². The van der Waals surface area contributed by atoms with Crippen LogP contribution >= 0.6 is 11.6 Å². The van der Waals surface area contributed by atoms with E-state index in [4.69, 9.17) is 11.6 Å². The Kier molecular flexibility index (Phi) is 8.54. The van der Waals surface area contributed by atoms with Crippen LogP contribution in [0.15, 0.2) is 78.9 Å². The quantitative estimate of drug-likeness (QED) is 0.415. The maximum absolute atomic E-state index is 13.7. The summed E-state index contributed by atoms with van der Waals surface area (Å²) in [5.74, 6) is -0.673. The van der Waals surface area contributed by atoms with Gasteiger partial charge in [0.05, 0.1) is 6.42 Å². The summed E-state index contributed by atoms with van der Waals surface area (Å²) in [4.78, 5) is 28.9. The van der Waals surface area contributed by atoms with Gasteiger partial charge in [0.1, 0.15) is 11.9 Å². The van der Waals surface area contributed by atoms with Crippen LogP contribution in [0.4, 0.5) is 4.39 Å². The summed E-state index contributed by atoms with van der Waals surface area (Å²) in [5, 5.41) is 3.81. The molecule has 6 heteroatoms. The van der Waals surface area contributed by atoms with Crippen LogP contribution in [0.25, 0.3) is 0 Å². The normalized spacial score (nSPS) is 14.5. The minimum Gasteiger partial charge on any atom is -0.352 e. The number of nitrogens with zero attached hydrogens (tertiary/aromatic N) is 1. The van der Waals surface area contributed by atoms with Crippen LogP contribution in [-0.2, 0) is 29.0 Å². The van der Waals surface area contributed by atoms with E-state index in [9.17, 15) is 14.0 Å². The van der Waals surface area contributed by atoms with Crippen molar-refractivity contribution < 1.29 is 14.0 Å². The highest BCUT2D eigenvalue weighted by atomic mass is 35.5. The van der Waals surface area contributed by atoms with Crippen molar-refractivity contribution in [2.75, 3.05) is 0 Å². The van der Waals surface area contributed by atoms with Crippen LogP contribution in [0.3, 0.4) is 0 Å². The van der Waals surface area contributed by atoms with Gasteiger partial charge < -0.3 is 10.2 Å². The Morgan fingerprint density at radius 2 is 1.51 bits per heavy atom. The zero-order chi connectivity index (χ0) is 24.6. The molecule has 1 atom stereocenters. The van der Waals surface area contributed by atoms with Gasteiger partial charge in [-0.05, 0) is 53.8 Å². The molecule has 3 aromatic rings. The van der Waals surface area contributed by atoms with E-state index in [-0.39, 0.29) is 36.6 Å². The minimum atomic E-state index is -0.679. The summed E-state index contributed by atoms with van der Waals surface area (Å²) in [6, 6.07) is 22.4. The molecule has 4 rings (SSSR count). The van der Waals surface area contributed by atoms with E-state index >= 15 is 0 Å². The Morgan fingerprint density at radius 1 is 0.886 bits per heavy atom. The fourth-order valence-electron chi connectivity index (χ4n) is 4.59. The van der Waals surface area contributed by atoms with Crippen molar-refractivity contribution in [1.29, 1.82) is 0 Å². The molecule has 35 heavy (non-hydrogen) atoms. The fraction of sp³-hybridized carbons (Fsp3) is 0.310. The lowest BCUT2D eigenvalue weighted by Gasteiger charge is -2.32. The average molecular weight is 493 g/mol. The predicted octanol–water partition coefficient (Wildman–Crippen LogP) is 5.72. The molecule has 1 N–H and O–H groups in total. The first-order valence-corrected chi connectivity index (χ1v) is 12.5. The second-order valence-corrected chi connectivity index (χ2v) is 9.58. The molecule has 1 fully saturated rings. The predicted molar refractivity (Wildman–Crippen MR) is 136 cm³/mol. The second kappa shape index (κ2) is 12.0. The first-order valence-electron chi connectivity index (χ1n) is 12.1. The zero-order valence-electron chi connectivity index (χ0n) is 19.6. The molecule has 0 aromatic heterocycles. The molecule has 1 aliphatic carbocycles. The van der Waals surface area contributed by atoms with Crippen LogP contribution in [0, 0.1) is 5.82 Å². The first-order chi connectivity index (χ1) is 17.0. The number of carbonyl (C=O) groups is 2. The molecule has 4 nitrogen and oxygen atoms in total. The maximum Gasteiger partial charge on any atom is 0.243 e. The first kappa shape index (κ1) is 24.9. The van der Waals surface area contributed by atoms with Gasteiger partial charge in [-0.3, -0.25) is 9.59 Å². The summed E-state index contributed by atoms with van der Waals surface area (Å²) < 4.78 is 13.4. The Labute approximate surface area is 211 Å². The van der Waals surface area contributed by atoms with Crippen LogP contribution in [0.1, 0.15) is 42.4 Å². The molecule has 1 aliphatic rings. The number of benzene rings is 3. The number of rotatable bonds is 9. The molecule has 1 saturated carbocycles. The molecule has 0 spiro atoms. The summed E-state index contributed by atoms with van der Waals surface area (Å²) in [6.45, 7) is 0.271. The van der Waals surface area contributed by atoms with Crippen molar-refractivity contribution in [3.05, 3.63) is 106 Å².